The zero-order chi connectivity index (χ0) is 17.1. The van der Waals surface area contributed by atoms with Crippen LogP contribution in [0.15, 0.2) is 18.2 Å². The first kappa shape index (κ1) is 15.6. The van der Waals surface area contributed by atoms with Crippen LogP contribution < -0.4 is 14.8 Å². The third-order valence-corrected chi connectivity index (χ3v) is 5.54. The summed E-state index contributed by atoms with van der Waals surface area (Å²) >= 11 is 0. The first-order chi connectivity index (χ1) is 11.3. The lowest BCUT2D eigenvalue weighted by Crippen LogP contribution is -2.69. The number of piperidine rings is 3. The Balaban J connectivity index is 1.53. The largest absolute Gasteiger partial charge is 0.586 e. The van der Waals surface area contributed by atoms with Gasteiger partial charge >= 0.3 is 6.29 Å². The van der Waals surface area contributed by atoms with Gasteiger partial charge in [-0.25, -0.2) is 0 Å². The zero-order valence-electron chi connectivity index (χ0n) is 13.6. The molecule has 1 aromatic rings. The highest BCUT2D eigenvalue weighted by Gasteiger charge is 2.48. The third kappa shape index (κ3) is 2.42. The first-order valence-corrected chi connectivity index (χ1v) is 8.22. The molecule has 3 saturated heterocycles. The highest BCUT2D eigenvalue weighted by molar-refractivity contribution is 5.95. The van der Waals surface area contributed by atoms with Crippen molar-refractivity contribution in [3.8, 4) is 11.5 Å². The summed E-state index contributed by atoms with van der Waals surface area (Å²) in [5.74, 6) is 0.0104. The van der Waals surface area contributed by atoms with E-state index in [1.165, 1.54) is 18.2 Å². The molecule has 0 aromatic heterocycles. The van der Waals surface area contributed by atoms with E-state index >= 15 is 0 Å². The number of amides is 1. The van der Waals surface area contributed by atoms with E-state index in [0.717, 1.165) is 25.9 Å². The monoisotopic (exact) mass is 338 g/mol. The molecule has 3 fully saturated rings. The van der Waals surface area contributed by atoms with Crippen LogP contribution in [0, 0.1) is 5.92 Å². The number of fused-ring (bicyclic) bond motifs is 4. The van der Waals surface area contributed by atoms with Gasteiger partial charge in [-0.3, -0.25) is 9.69 Å². The van der Waals surface area contributed by atoms with Crippen LogP contribution in [-0.2, 0) is 0 Å². The van der Waals surface area contributed by atoms with E-state index in [1.54, 1.807) is 0 Å². The van der Waals surface area contributed by atoms with Crippen LogP contribution in [0.2, 0.25) is 0 Å². The molecule has 1 N–H and O–H groups in total. The third-order valence-electron chi connectivity index (χ3n) is 5.54. The maximum Gasteiger partial charge on any atom is 0.586 e. The predicted molar refractivity (Wildman–Crippen MR) is 82.3 cm³/mol. The molecule has 0 unspecified atom stereocenters. The molecule has 24 heavy (non-hydrogen) atoms. The second kappa shape index (κ2) is 5.05. The summed E-state index contributed by atoms with van der Waals surface area (Å²) in [6.45, 7) is 6.40. The molecule has 7 heteroatoms. The SMILES string of the molecule is CC1(C)[C@@H](NC(=O)c2ccc3c(c2)OC(F)(F)O3)C2CCN1CC2. The maximum atomic E-state index is 13.1. The summed E-state index contributed by atoms with van der Waals surface area (Å²) in [6.07, 6.45) is -1.53. The Morgan fingerprint density at radius 1 is 1.21 bits per heavy atom. The Morgan fingerprint density at radius 2 is 1.88 bits per heavy atom. The number of hydrogen-bond donors (Lipinski definition) is 1. The van der Waals surface area contributed by atoms with E-state index < -0.39 is 6.29 Å². The molecule has 1 aromatic carbocycles. The van der Waals surface area contributed by atoms with Crippen LogP contribution in [-0.4, -0.2) is 41.8 Å². The first-order valence-electron chi connectivity index (χ1n) is 8.22. The summed E-state index contributed by atoms with van der Waals surface area (Å²) in [5.41, 5.74) is 0.183. The van der Waals surface area contributed by atoms with E-state index in [2.05, 4.69) is 33.5 Å². The van der Waals surface area contributed by atoms with Gasteiger partial charge in [-0.1, -0.05) is 0 Å². The summed E-state index contributed by atoms with van der Waals surface area (Å²) < 4.78 is 35.0. The molecule has 0 radical (unpaired) electrons. The Kier molecular flexibility index (Phi) is 3.29. The maximum absolute atomic E-state index is 13.1. The minimum absolute atomic E-state index is 0.0411. The fourth-order valence-electron chi connectivity index (χ4n) is 4.19. The topological polar surface area (TPSA) is 50.8 Å². The molecule has 4 aliphatic rings. The number of hydrogen-bond acceptors (Lipinski definition) is 4. The highest BCUT2D eigenvalue weighted by atomic mass is 19.3. The minimum atomic E-state index is -3.67. The van der Waals surface area contributed by atoms with Crippen LogP contribution >= 0.6 is 0 Å². The van der Waals surface area contributed by atoms with Crippen molar-refractivity contribution in [2.75, 3.05) is 13.1 Å². The normalized spacial score (nSPS) is 31.8. The molecule has 4 aliphatic heterocycles. The summed E-state index contributed by atoms with van der Waals surface area (Å²) in [6, 6.07) is 4.17. The van der Waals surface area contributed by atoms with Crippen molar-refractivity contribution >= 4 is 5.91 Å². The lowest BCUT2D eigenvalue weighted by molar-refractivity contribution is -0.286. The van der Waals surface area contributed by atoms with Crippen LogP contribution in [0.25, 0.3) is 0 Å². The van der Waals surface area contributed by atoms with Crippen LogP contribution in [0.4, 0.5) is 8.78 Å². The molecule has 5 nitrogen and oxygen atoms in total. The number of rotatable bonds is 2. The molecule has 0 saturated carbocycles. The zero-order valence-corrected chi connectivity index (χ0v) is 13.6. The summed E-state index contributed by atoms with van der Waals surface area (Å²) in [7, 11) is 0. The van der Waals surface area contributed by atoms with Crippen molar-refractivity contribution in [1.29, 1.82) is 0 Å². The van der Waals surface area contributed by atoms with Gasteiger partial charge in [-0.2, -0.15) is 0 Å². The van der Waals surface area contributed by atoms with Crippen molar-refractivity contribution in [2.45, 2.75) is 44.6 Å². The fourth-order valence-corrected chi connectivity index (χ4v) is 4.19. The Hall–Kier alpha value is -1.89. The smallest absolute Gasteiger partial charge is 0.395 e. The van der Waals surface area contributed by atoms with Gasteiger partial charge in [0.2, 0.25) is 0 Å². The average Bonchev–Trinajstić information content (AvgIpc) is 2.83. The average molecular weight is 338 g/mol. The molecule has 1 amide bonds. The number of ether oxygens (including phenoxy) is 2. The number of halogens is 2. The van der Waals surface area contributed by atoms with Gasteiger partial charge in [0.1, 0.15) is 0 Å². The van der Waals surface area contributed by atoms with E-state index in [-0.39, 0.29) is 29.0 Å². The quantitative estimate of drug-likeness (QED) is 0.901. The van der Waals surface area contributed by atoms with Crippen molar-refractivity contribution in [1.82, 2.24) is 10.2 Å². The second-order valence-corrected chi connectivity index (χ2v) is 7.26. The lowest BCUT2D eigenvalue weighted by atomic mass is 9.72. The van der Waals surface area contributed by atoms with Crippen LogP contribution in [0.3, 0.4) is 0 Å². The highest BCUT2D eigenvalue weighted by Crippen LogP contribution is 2.42. The molecule has 4 heterocycles. The standard InChI is InChI=1S/C17H20F2N2O3/c1-16(2)14(10-5-7-21(16)8-6-10)20-15(22)11-3-4-12-13(9-11)24-17(18,19)23-12/h3-4,9-10,14H,5-8H2,1-2H3,(H,20,22)/t14-/m0/s1. The van der Waals surface area contributed by atoms with Gasteiger partial charge in [0.05, 0.1) is 0 Å². The van der Waals surface area contributed by atoms with Crippen molar-refractivity contribution in [3.63, 3.8) is 0 Å². The Morgan fingerprint density at radius 3 is 2.54 bits per heavy atom. The van der Waals surface area contributed by atoms with E-state index in [4.69, 9.17) is 0 Å². The second-order valence-electron chi connectivity index (χ2n) is 7.26. The number of nitrogens with one attached hydrogen (secondary N) is 1. The summed E-state index contributed by atoms with van der Waals surface area (Å²) in [4.78, 5) is 15.0. The minimum Gasteiger partial charge on any atom is -0.395 e. The summed E-state index contributed by atoms with van der Waals surface area (Å²) in [5, 5.41) is 3.10. The van der Waals surface area contributed by atoms with E-state index in [1.807, 2.05) is 0 Å². The van der Waals surface area contributed by atoms with Gasteiger partial charge in [-0.15, -0.1) is 8.78 Å². The van der Waals surface area contributed by atoms with Gasteiger partial charge < -0.3 is 14.8 Å². The molecule has 5 rings (SSSR count). The molecule has 0 aliphatic carbocycles. The van der Waals surface area contributed by atoms with Gasteiger partial charge in [0, 0.05) is 17.1 Å². The molecule has 130 valence electrons. The number of alkyl halides is 2. The molecular weight excluding hydrogens is 318 g/mol. The molecule has 2 bridgehead atoms. The van der Waals surface area contributed by atoms with Crippen molar-refractivity contribution in [3.05, 3.63) is 23.8 Å². The van der Waals surface area contributed by atoms with Gasteiger partial charge in [0.25, 0.3) is 5.91 Å². The number of carbonyl (C=O) groups excluding carboxylic acids is 1. The molecular formula is C17H20F2N2O3. The Labute approximate surface area is 138 Å². The van der Waals surface area contributed by atoms with Crippen molar-refractivity contribution < 1.29 is 23.0 Å². The number of benzene rings is 1. The lowest BCUT2D eigenvalue weighted by Gasteiger charge is -2.56. The van der Waals surface area contributed by atoms with Crippen LogP contribution in [0.5, 0.6) is 11.5 Å². The predicted octanol–water partition coefficient (Wildman–Crippen LogP) is 2.61. The number of nitrogens with zero attached hydrogens (tertiary/aromatic N) is 1. The van der Waals surface area contributed by atoms with E-state index in [9.17, 15) is 13.6 Å². The Bertz CT molecular complexity index is 684. The molecule has 1 atom stereocenters. The van der Waals surface area contributed by atoms with Crippen LogP contribution in [0.1, 0.15) is 37.0 Å². The van der Waals surface area contributed by atoms with Gasteiger partial charge in [-0.05, 0) is 63.9 Å². The van der Waals surface area contributed by atoms with Gasteiger partial charge in [0.15, 0.2) is 11.5 Å². The fraction of sp³-hybridized carbons (Fsp3) is 0.588. The van der Waals surface area contributed by atoms with E-state index in [0.29, 0.717) is 11.5 Å². The number of carbonyl (C=O) groups is 1. The van der Waals surface area contributed by atoms with Crippen molar-refractivity contribution in [2.24, 2.45) is 5.92 Å². The molecule has 0 spiro atoms.